The van der Waals surface area contributed by atoms with Gasteiger partial charge in [-0.1, -0.05) is 0 Å². The summed E-state index contributed by atoms with van der Waals surface area (Å²) in [5, 5.41) is 0. The number of methoxy groups -OCH3 is 2. The molecule has 0 unspecified atom stereocenters. The van der Waals surface area contributed by atoms with Crippen molar-refractivity contribution in [3.63, 3.8) is 0 Å². The molecule has 0 aliphatic heterocycles. The Morgan fingerprint density at radius 3 is 2.56 bits per heavy atom. The van der Waals surface area contributed by atoms with E-state index in [0.29, 0.717) is 0 Å². The molecule has 0 atom stereocenters. The molecule has 0 aliphatic rings. The van der Waals surface area contributed by atoms with E-state index in [9.17, 15) is 4.79 Å². The van der Waals surface area contributed by atoms with Gasteiger partial charge in [0.25, 0.3) is 0 Å². The van der Waals surface area contributed by atoms with E-state index >= 15 is 0 Å². The number of hydrogen-bond acceptors (Lipinski definition) is 4. The quantitative estimate of drug-likeness (QED) is 0.231. The summed E-state index contributed by atoms with van der Waals surface area (Å²) < 4.78 is 13.4. The van der Waals surface area contributed by atoms with Gasteiger partial charge in [0.2, 0.25) is 0 Å². The topological polar surface area (TPSA) is 44.8 Å². The van der Waals surface area contributed by atoms with E-state index in [2.05, 4.69) is 14.2 Å². The van der Waals surface area contributed by atoms with Crippen molar-refractivity contribution in [3.05, 3.63) is 0 Å². The fourth-order valence-electron chi connectivity index (χ4n) is 0.267. The van der Waals surface area contributed by atoms with Gasteiger partial charge in [0.1, 0.15) is 13.4 Å². The van der Waals surface area contributed by atoms with Gasteiger partial charge in [-0.15, -0.1) is 0 Å². The second-order valence-corrected chi connectivity index (χ2v) is 1.33. The Hall–Kier alpha value is -0.610. The van der Waals surface area contributed by atoms with Crippen LogP contribution in [-0.4, -0.2) is 33.6 Å². The highest BCUT2D eigenvalue weighted by Gasteiger charge is 1.96. The Morgan fingerprint density at radius 2 is 2.11 bits per heavy atom. The van der Waals surface area contributed by atoms with Crippen molar-refractivity contribution in [2.24, 2.45) is 0 Å². The van der Waals surface area contributed by atoms with Gasteiger partial charge in [0.15, 0.2) is 0 Å². The van der Waals surface area contributed by atoms with Crippen molar-refractivity contribution >= 4 is 5.97 Å². The van der Waals surface area contributed by atoms with Crippen LogP contribution in [0.2, 0.25) is 0 Å². The predicted molar refractivity (Wildman–Crippen MR) is 29.8 cm³/mol. The van der Waals surface area contributed by atoms with E-state index in [0.717, 1.165) is 0 Å². The number of esters is 1. The van der Waals surface area contributed by atoms with Crippen molar-refractivity contribution in [1.82, 2.24) is 0 Å². The van der Waals surface area contributed by atoms with Crippen LogP contribution in [0.5, 0.6) is 0 Å². The van der Waals surface area contributed by atoms with Gasteiger partial charge in [-0.05, 0) is 0 Å². The fraction of sp³-hybridized carbons (Fsp3) is 0.800. The summed E-state index contributed by atoms with van der Waals surface area (Å²) in [7, 11) is 2.79. The molecular weight excluding hydrogens is 125 g/mol. The van der Waals surface area contributed by atoms with E-state index < -0.39 is 5.97 Å². The minimum Gasteiger partial charge on any atom is -0.467 e. The zero-order valence-corrected chi connectivity index (χ0v) is 5.55. The Balaban J connectivity index is 2.97. The number of carbonyl (C=O) groups excluding carboxylic acids is 1. The summed E-state index contributed by atoms with van der Waals surface area (Å²) in [5.74, 6) is -0.396. The van der Waals surface area contributed by atoms with Gasteiger partial charge in [-0.2, -0.15) is 0 Å². The molecule has 0 saturated heterocycles. The van der Waals surface area contributed by atoms with E-state index in [4.69, 9.17) is 0 Å². The summed E-state index contributed by atoms with van der Waals surface area (Å²) in [6, 6.07) is 0. The molecule has 0 rings (SSSR count). The van der Waals surface area contributed by atoms with Gasteiger partial charge >= 0.3 is 5.97 Å². The molecule has 0 aromatic heterocycles. The molecule has 0 fully saturated rings. The van der Waals surface area contributed by atoms with Crippen LogP contribution >= 0.6 is 0 Å². The van der Waals surface area contributed by atoms with Crippen molar-refractivity contribution in [2.75, 3.05) is 27.6 Å². The van der Waals surface area contributed by atoms with Gasteiger partial charge in [-0.25, -0.2) is 4.79 Å². The molecule has 4 nitrogen and oxygen atoms in total. The maximum Gasteiger partial charge on any atom is 0.331 e. The van der Waals surface area contributed by atoms with Crippen LogP contribution in [0.25, 0.3) is 0 Å². The highest BCUT2D eigenvalue weighted by atomic mass is 16.7. The fourth-order valence-corrected chi connectivity index (χ4v) is 0.267. The number of ether oxygens (including phenoxy) is 3. The first-order chi connectivity index (χ1) is 4.31. The first-order valence-electron chi connectivity index (χ1n) is 2.44. The predicted octanol–water partition coefficient (Wildman–Crippen LogP) is -0.220. The monoisotopic (exact) mass is 135 g/mol. The van der Waals surface area contributed by atoms with Gasteiger partial charge in [0.05, 0.1) is 7.11 Å². The van der Waals surface area contributed by atoms with Crippen molar-refractivity contribution in [3.8, 4) is 0 Å². The van der Waals surface area contributed by atoms with E-state index in [1.54, 1.807) is 0 Å². The third kappa shape index (κ3) is 5.26. The first kappa shape index (κ1) is 8.39. The molecule has 0 bridgehead atoms. The maximum absolute atomic E-state index is 10.3. The Morgan fingerprint density at radius 1 is 1.44 bits per heavy atom. The van der Waals surface area contributed by atoms with E-state index in [1.165, 1.54) is 14.2 Å². The summed E-state index contributed by atoms with van der Waals surface area (Å²) in [6.45, 7) is 0.0689. The molecule has 0 radical (unpaired) electrons. The highest BCUT2D eigenvalue weighted by molar-refractivity contribution is 5.70. The lowest BCUT2D eigenvalue weighted by atomic mass is 11.1. The zero-order chi connectivity index (χ0) is 7.11. The summed E-state index contributed by atoms with van der Waals surface area (Å²) in [6.07, 6.45) is 0. The largest absolute Gasteiger partial charge is 0.467 e. The lowest BCUT2D eigenvalue weighted by molar-refractivity contribution is -0.150. The molecule has 0 saturated carbocycles. The molecule has 0 amide bonds. The Kier molecular flexibility index (Phi) is 5.15. The van der Waals surface area contributed by atoms with Crippen LogP contribution in [0, 0.1) is 0 Å². The van der Waals surface area contributed by atoms with Crippen molar-refractivity contribution < 1.29 is 19.0 Å². The minimum atomic E-state index is -0.396. The highest BCUT2D eigenvalue weighted by Crippen LogP contribution is 1.77. The molecule has 4 heteroatoms. The van der Waals surface area contributed by atoms with Gasteiger partial charge in [0, 0.05) is 7.11 Å². The molecule has 0 spiro atoms. The molecule has 0 aromatic rings. The maximum atomic E-state index is 10.3. The van der Waals surface area contributed by atoms with Crippen molar-refractivity contribution in [1.29, 1.82) is 0 Å². The van der Waals surface area contributed by atoms with Gasteiger partial charge in [-0.3, -0.25) is 0 Å². The lowest BCUT2D eigenvalue weighted by Gasteiger charge is -1.98. The van der Waals surface area contributed by atoms with Gasteiger partial charge < -0.3 is 14.2 Å². The molecule has 9 heavy (non-hydrogen) atoms. The van der Waals surface area contributed by atoms with E-state index in [-0.39, 0.29) is 13.4 Å². The molecule has 0 heterocycles. The number of rotatable bonds is 4. The third-order valence-corrected chi connectivity index (χ3v) is 0.649. The average Bonchev–Trinajstić information content (AvgIpc) is 1.89. The van der Waals surface area contributed by atoms with Crippen LogP contribution in [0.3, 0.4) is 0 Å². The minimum absolute atomic E-state index is 0.0513. The zero-order valence-electron chi connectivity index (χ0n) is 5.55. The second-order valence-electron chi connectivity index (χ2n) is 1.33. The SMILES string of the molecule is COCO[13CH2]C(=O)OC. The molecular formula is C5H10O4. The second kappa shape index (κ2) is 5.53. The molecule has 0 aromatic carbocycles. The Bertz CT molecular complexity index is 81.0. The Labute approximate surface area is 53.7 Å². The smallest absolute Gasteiger partial charge is 0.331 e. The van der Waals surface area contributed by atoms with E-state index in [1.807, 2.05) is 0 Å². The lowest BCUT2D eigenvalue weighted by Crippen LogP contribution is -2.11. The standard InChI is InChI=1S/C5H10O4/c1-7-4-9-3-5(6)8-2/h3-4H2,1-2H3/i3+1. The average molecular weight is 135 g/mol. The molecule has 54 valence electrons. The summed E-state index contributed by atoms with van der Waals surface area (Å²) >= 11 is 0. The van der Waals surface area contributed by atoms with Crippen LogP contribution < -0.4 is 0 Å². The van der Waals surface area contributed by atoms with Crippen LogP contribution in [-0.2, 0) is 19.0 Å². The summed E-state index contributed by atoms with van der Waals surface area (Å²) in [4.78, 5) is 10.3. The van der Waals surface area contributed by atoms with Crippen LogP contribution in [0.15, 0.2) is 0 Å². The normalized spacial score (nSPS) is 9.11. The molecule has 0 aliphatic carbocycles. The van der Waals surface area contributed by atoms with Crippen molar-refractivity contribution in [2.45, 2.75) is 0 Å². The van der Waals surface area contributed by atoms with Crippen LogP contribution in [0.1, 0.15) is 0 Å². The first-order valence-corrected chi connectivity index (χ1v) is 2.44. The van der Waals surface area contributed by atoms with Crippen LogP contribution in [0.4, 0.5) is 0 Å². The third-order valence-electron chi connectivity index (χ3n) is 0.649. The molecule has 0 N–H and O–H groups in total. The number of hydrogen-bond donors (Lipinski definition) is 0. The number of carbonyl (C=O) groups is 1. The summed E-state index contributed by atoms with van der Waals surface area (Å²) in [5.41, 5.74) is 0.